The molecule has 0 saturated carbocycles. The van der Waals surface area contributed by atoms with E-state index in [9.17, 15) is 4.79 Å². The summed E-state index contributed by atoms with van der Waals surface area (Å²) in [4.78, 5) is 13.7. The van der Waals surface area contributed by atoms with Crippen LogP contribution in [0.5, 0.6) is 0 Å². The number of carbonyl (C=O) groups excluding carboxylic acids is 1. The molecule has 1 atom stereocenters. The predicted octanol–water partition coefficient (Wildman–Crippen LogP) is 2.41. The first-order valence-electron chi connectivity index (χ1n) is 6.51. The zero-order valence-corrected chi connectivity index (χ0v) is 11.2. The number of ether oxygens (including phenoxy) is 1. The number of rotatable bonds is 2. The lowest BCUT2D eigenvalue weighted by Crippen LogP contribution is -2.39. The lowest BCUT2D eigenvalue weighted by atomic mass is 10.0. The summed E-state index contributed by atoms with van der Waals surface area (Å²) in [6.07, 6.45) is 3.81. The molecule has 17 heavy (non-hydrogen) atoms. The largest absolute Gasteiger partial charge is 0.444 e. The van der Waals surface area contributed by atoms with Crippen LogP contribution in [0.2, 0.25) is 0 Å². The standard InChI is InChI=1S/C13H25NO3/c1-13(2,3)17-12(16)14-8-5-4-6-11(10-14)7-9-15/h11,15H,4-10H2,1-3H3/t11-/m0/s1. The fourth-order valence-electron chi connectivity index (χ4n) is 2.14. The van der Waals surface area contributed by atoms with E-state index in [0.29, 0.717) is 5.92 Å². The predicted molar refractivity (Wildman–Crippen MR) is 66.9 cm³/mol. The van der Waals surface area contributed by atoms with Gasteiger partial charge in [-0.15, -0.1) is 0 Å². The molecule has 0 bridgehead atoms. The zero-order valence-electron chi connectivity index (χ0n) is 11.2. The van der Waals surface area contributed by atoms with Crippen molar-refractivity contribution in [2.75, 3.05) is 19.7 Å². The number of aliphatic hydroxyl groups excluding tert-OH is 1. The van der Waals surface area contributed by atoms with E-state index in [-0.39, 0.29) is 12.7 Å². The van der Waals surface area contributed by atoms with Crippen molar-refractivity contribution in [2.24, 2.45) is 5.92 Å². The smallest absolute Gasteiger partial charge is 0.410 e. The molecule has 4 nitrogen and oxygen atoms in total. The number of likely N-dealkylation sites (tertiary alicyclic amines) is 1. The average Bonchev–Trinajstić information content (AvgIpc) is 2.41. The molecule has 0 aromatic carbocycles. The van der Waals surface area contributed by atoms with E-state index in [1.54, 1.807) is 4.90 Å². The molecular weight excluding hydrogens is 218 g/mol. The van der Waals surface area contributed by atoms with Gasteiger partial charge in [-0.2, -0.15) is 0 Å². The Morgan fingerprint density at radius 2 is 2.12 bits per heavy atom. The van der Waals surface area contributed by atoms with Gasteiger partial charge in [-0.05, 0) is 46.0 Å². The summed E-state index contributed by atoms with van der Waals surface area (Å²) in [7, 11) is 0. The van der Waals surface area contributed by atoms with Gasteiger partial charge in [-0.3, -0.25) is 0 Å². The quantitative estimate of drug-likeness (QED) is 0.810. The maximum Gasteiger partial charge on any atom is 0.410 e. The van der Waals surface area contributed by atoms with Crippen molar-refractivity contribution in [1.82, 2.24) is 4.90 Å². The Bertz CT molecular complexity index is 248. The highest BCUT2D eigenvalue weighted by atomic mass is 16.6. The number of hydrogen-bond donors (Lipinski definition) is 1. The van der Waals surface area contributed by atoms with Crippen LogP contribution < -0.4 is 0 Å². The molecular formula is C13H25NO3. The van der Waals surface area contributed by atoms with Crippen LogP contribution in [0.4, 0.5) is 4.79 Å². The minimum absolute atomic E-state index is 0.201. The number of aliphatic hydroxyl groups is 1. The molecule has 0 aliphatic carbocycles. The summed E-state index contributed by atoms with van der Waals surface area (Å²) in [5.41, 5.74) is -0.435. The van der Waals surface area contributed by atoms with Crippen LogP contribution >= 0.6 is 0 Å². The topological polar surface area (TPSA) is 49.8 Å². The summed E-state index contributed by atoms with van der Waals surface area (Å²) in [5.74, 6) is 0.412. The van der Waals surface area contributed by atoms with Gasteiger partial charge in [0.05, 0.1) is 0 Å². The highest BCUT2D eigenvalue weighted by molar-refractivity contribution is 5.68. The minimum atomic E-state index is -0.435. The molecule has 0 spiro atoms. The molecule has 1 rings (SSSR count). The summed E-state index contributed by atoms with van der Waals surface area (Å²) in [6.45, 7) is 7.34. The lowest BCUT2D eigenvalue weighted by molar-refractivity contribution is 0.0227. The summed E-state index contributed by atoms with van der Waals surface area (Å²) in [5, 5.41) is 8.99. The van der Waals surface area contributed by atoms with Crippen LogP contribution in [0.3, 0.4) is 0 Å². The fraction of sp³-hybridized carbons (Fsp3) is 0.923. The fourth-order valence-corrected chi connectivity index (χ4v) is 2.14. The van der Waals surface area contributed by atoms with E-state index in [1.165, 1.54) is 0 Å². The Morgan fingerprint density at radius 1 is 1.41 bits per heavy atom. The van der Waals surface area contributed by atoms with E-state index < -0.39 is 5.60 Å². The molecule has 4 heteroatoms. The van der Waals surface area contributed by atoms with Crippen molar-refractivity contribution in [3.05, 3.63) is 0 Å². The summed E-state index contributed by atoms with van der Waals surface area (Å²) in [6, 6.07) is 0. The molecule has 1 amide bonds. The second-order valence-corrected chi connectivity index (χ2v) is 5.80. The molecule has 0 unspecified atom stereocenters. The lowest BCUT2D eigenvalue weighted by Gasteiger charge is -2.28. The van der Waals surface area contributed by atoms with Gasteiger partial charge in [0.1, 0.15) is 5.60 Å². The second kappa shape index (κ2) is 6.24. The molecule has 1 aliphatic heterocycles. The molecule has 100 valence electrons. The Morgan fingerprint density at radius 3 is 2.71 bits per heavy atom. The number of carbonyl (C=O) groups is 1. The van der Waals surface area contributed by atoms with Gasteiger partial charge in [-0.1, -0.05) is 6.42 Å². The average molecular weight is 243 g/mol. The van der Waals surface area contributed by atoms with Gasteiger partial charge in [0, 0.05) is 19.7 Å². The van der Waals surface area contributed by atoms with Crippen molar-refractivity contribution in [3.63, 3.8) is 0 Å². The van der Waals surface area contributed by atoms with Crippen LogP contribution in [-0.2, 0) is 4.74 Å². The molecule has 1 heterocycles. The number of amides is 1. The molecule has 1 aliphatic rings. The van der Waals surface area contributed by atoms with Crippen LogP contribution in [-0.4, -0.2) is 41.4 Å². The monoisotopic (exact) mass is 243 g/mol. The van der Waals surface area contributed by atoms with Crippen LogP contribution in [0.25, 0.3) is 0 Å². The first-order chi connectivity index (χ1) is 7.92. The maximum absolute atomic E-state index is 12.0. The van der Waals surface area contributed by atoms with Gasteiger partial charge in [0.25, 0.3) is 0 Å². The highest BCUT2D eigenvalue weighted by Gasteiger charge is 2.25. The SMILES string of the molecule is CC(C)(C)OC(=O)N1CCCC[C@@H](CCO)C1. The Kier molecular flexibility index (Phi) is 5.25. The molecule has 1 N–H and O–H groups in total. The first kappa shape index (κ1) is 14.3. The Hall–Kier alpha value is -0.770. The van der Waals surface area contributed by atoms with E-state index in [2.05, 4.69) is 0 Å². The number of nitrogens with zero attached hydrogens (tertiary/aromatic N) is 1. The minimum Gasteiger partial charge on any atom is -0.444 e. The first-order valence-corrected chi connectivity index (χ1v) is 6.51. The highest BCUT2D eigenvalue weighted by Crippen LogP contribution is 2.21. The summed E-state index contributed by atoms with van der Waals surface area (Å²) < 4.78 is 5.38. The molecule has 1 fully saturated rings. The normalized spacial score (nSPS) is 22.1. The molecule has 0 aromatic rings. The van der Waals surface area contributed by atoms with Crippen LogP contribution in [0.1, 0.15) is 46.5 Å². The number of hydrogen-bond acceptors (Lipinski definition) is 3. The van der Waals surface area contributed by atoms with E-state index in [1.807, 2.05) is 20.8 Å². The third-order valence-corrected chi connectivity index (χ3v) is 2.96. The van der Waals surface area contributed by atoms with Gasteiger partial charge in [0.15, 0.2) is 0 Å². The van der Waals surface area contributed by atoms with E-state index in [4.69, 9.17) is 9.84 Å². The van der Waals surface area contributed by atoms with E-state index in [0.717, 1.165) is 38.8 Å². The van der Waals surface area contributed by atoms with Crippen molar-refractivity contribution < 1.29 is 14.6 Å². The van der Waals surface area contributed by atoms with Crippen molar-refractivity contribution >= 4 is 6.09 Å². The molecule has 0 radical (unpaired) electrons. The summed E-state index contributed by atoms with van der Waals surface area (Å²) >= 11 is 0. The van der Waals surface area contributed by atoms with Gasteiger partial charge in [-0.25, -0.2) is 4.79 Å². The molecule has 0 aromatic heterocycles. The van der Waals surface area contributed by atoms with E-state index >= 15 is 0 Å². The van der Waals surface area contributed by atoms with Gasteiger partial charge >= 0.3 is 6.09 Å². The van der Waals surface area contributed by atoms with Crippen LogP contribution in [0, 0.1) is 5.92 Å². The third kappa shape index (κ3) is 5.39. The van der Waals surface area contributed by atoms with Crippen molar-refractivity contribution in [1.29, 1.82) is 0 Å². The third-order valence-electron chi connectivity index (χ3n) is 2.96. The maximum atomic E-state index is 12.0. The zero-order chi connectivity index (χ0) is 12.9. The van der Waals surface area contributed by atoms with Crippen LogP contribution in [0.15, 0.2) is 0 Å². The van der Waals surface area contributed by atoms with Gasteiger partial charge < -0.3 is 14.7 Å². The molecule has 1 saturated heterocycles. The Labute approximate surface area is 104 Å². The van der Waals surface area contributed by atoms with Crippen molar-refractivity contribution in [3.8, 4) is 0 Å². The second-order valence-electron chi connectivity index (χ2n) is 5.80. The van der Waals surface area contributed by atoms with Gasteiger partial charge in [0.2, 0.25) is 0 Å². The Balaban J connectivity index is 2.53. The van der Waals surface area contributed by atoms with Crippen molar-refractivity contribution in [2.45, 2.75) is 52.1 Å².